The topological polar surface area (TPSA) is 79.3 Å². The van der Waals surface area contributed by atoms with Gasteiger partial charge in [0.05, 0.1) is 17.3 Å². The standard InChI is InChI=1S/C8H12N2O3S2/c1-5-9-4-8(14-5)15(12,13)10-6-2-7(11)3-6/h4,6-7,10-11H,2-3H2,1H3. The molecule has 5 nitrogen and oxygen atoms in total. The lowest BCUT2D eigenvalue weighted by atomic mass is 9.91. The van der Waals surface area contributed by atoms with Gasteiger partial charge in [0, 0.05) is 6.04 Å². The molecule has 0 atom stereocenters. The zero-order valence-corrected chi connectivity index (χ0v) is 9.81. The monoisotopic (exact) mass is 248 g/mol. The molecule has 1 heterocycles. The number of nitrogens with one attached hydrogen (secondary N) is 1. The molecular weight excluding hydrogens is 236 g/mol. The third kappa shape index (κ3) is 2.36. The lowest BCUT2D eigenvalue weighted by Crippen LogP contribution is -2.46. The van der Waals surface area contributed by atoms with Gasteiger partial charge in [0.2, 0.25) is 0 Å². The van der Waals surface area contributed by atoms with Crippen molar-refractivity contribution >= 4 is 21.4 Å². The number of aliphatic hydroxyl groups excluding tert-OH is 1. The minimum atomic E-state index is -3.43. The second-order valence-corrected chi connectivity index (χ2v) is 6.82. The smallest absolute Gasteiger partial charge is 0.251 e. The van der Waals surface area contributed by atoms with Gasteiger partial charge < -0.3 is 5.11 Å². The van der Waals surface area contributed by atoms with Crippen molar-refractivity contribution in [3.63, 3.8) is 0 Å². The fourth-order valence-corrected chi connectivity index (χ4v) is 3.81. The molecule has 84 valence electrons. The van der Waals surface area contributed by atoms with E-state index >= 15 is 0 Å². The van der Waals surface area contributed by atoms with Gasteiger partial charge in [-0.25, -0.2) is 18.1 Å². The lowest BCUT2D eigenvalue weighted by molar-refractivity contribution is 0.0712. The Labute approximate surface area is 92.2 Å². The van der Waals surface area contributed by atoms with E-state index in [1.54, 1.807) is 6.92 Å². The van der Waals surface area contributed by atoms with Gasteiger partial charge in [0.25, 0.3) is 10.0 Å². The third-order valence-electron chi connectivity index (χ3n) is 2.30. The average Bonchev–Trinajstić information content (AvgIpc) is 2.49. The van der Waals surface area contributed by atoms with Gasteiger partial charge in [-0.1, -0.05) is 0 Å². The Bertz CT molecular complexity index is 448. The van der Waals surface area contributed by atoms with Gasteiger partial charge in [0.15, 0.2) is 4.21 Å². The fraction of sp³-hybridized carbons (Fsp3) is 0.625. The van der Waals surface area contributed by atoms with Crippen LogP contribution in [0.1, 0.15) is 17.8 Å². The Morgan fingerprint density at radius 2 is 2.27 bits per heavy atom. The molecule has 1 fully saturated rings. The molecule has 1 aromatic rings. The van der Waals surface area contributed by atoms with Crippen molar-refractivity contribution in [1.29, 1.82) is 0 Å². The maximum Gasteiger partial charge on any atom is 0.251 e. The summed E-state index contributed by atoms with van der Waals surface area (Å²) in [5.74, 6) is 0. The number of nitrogens with zero attached hydrogens (tertiary/aromatic N) is 1. The Balaban J connectivity index is 2.07. The largest absolute Gasteiger partial charge is 0.393 e. The van der Waals surface area contributed by atoms with Crippen LogP contribution < -0.4 is 4.72 Å². The number of hydrogen-bond donors (Lipinski definition) is 2. The molecular formula is C8H12N2O3S2. The van der Waals surface area contributed by atoms with Gasteiger partial charge in [0.1, 0.15) is 0 Å². The first kappa shape index (κ1) is 11.0. The number of sulfonamides is 1. The van der Waals surface area contributed by atoms with E-state index in [0.717, 1.165) is 16.3 Å². The summed E-state index contributed by atoms with van der Waals surface area (Å²) in [7, 11) is -3.43. The van der Waals surface area contributed by atoms with Crippen molar-refractivity contribution in [2.45, 2.75) is 36.1 Å². The number of hydrogen-bond acceptors (Lipinski definition) is 5. The summed E-state index contributed by atoms with van der Waals surface area (Å²) in [6, 6.07) is -0.132. The third-order valence-corrected chi connectivity index (χ3v) is 5.19. The van der Waals surface area contributed by atoms with Crippen LogP contribution in [-0.2, 0) is 10.0 Å². The summed E-state index contributed by atoms with van der Waals surface area (Å²) in [6.07, 6.45) is 1.99. The number of aliphatic hydroxyl groups is 1. The molecule has 1 saturated carbocycles. The van der Waals surface area contributed by atoms with E-state index < -0.39 is 10.0 Å². The lowest BCUT2D eigenvalue weighted by Gasteiger charge is -2.31. The molecule has 0 amide bonds. The zero-order valence-electron chi connectivity index (χ0n) is 8.17. The molecule has 0 saturated heterocycles. The van der Waals surface area contributed by atoms with Crippen molar-refractivity contribution < 1.29 is 13.5 Å². The quantitative estimate of drug-likeness (QED) is 0.804. The van der Waals surface area contributed by atoms with E-state index in [2.05, 4.69) is 9.71 Å². The summed E-state index contributed by atoms with van der Waals surface area (Å²) in [6.45, 7) is 1.76. The molecule has 1 aliphatic carbocycles. The molecule has 1 aliphatic rings. The fourth-order valence-electron chi connectivity index (χ4n) is 1.43. The Morgan fingerprint density at radius 1 is 1.60 bits per heavy atom. The number of aryl methyl sites for hydroxylation is 1. The van der Waals surface area contributed by atoms with Crippen LogP contribution in [0.3, 0.4) is 0 Å². The maximum absolute atomic E-state index is 11.7. The average molecular weight is 248 g/mol. The van der Waals surface area contributed by atoms with Crippen LogP contribution in [0.4, 0.5) is 0 Å². The molecule has 0 spiro atoms. The van der Waals surface area contributed by atoms with Gasteiger partial charge in [-0.05, 0) is 19.8 Å². The Morgan fingerprint density at radius 3 is 2.73 bits per heavy atom. The van der Waals surface area contributed by atoms with E-state index in [0.29, 0.717) is 12.8 Å². The first-order valence-corrected chi connectivity index (χ1v) is 6.90. The molecule has 0 aliphatic heterocycles. The zero-order chi connectivity index (χ0) is 11.1. The molecule has 0 aromatic carbocycles. The van der Waals surface area contributed by atoms with Crippen molar-refractivity contribution in [1.82, 2.24) is 9.71 Å². The van der Waals surface area contributed by atoms with Crippen molar-refractivity contribution in [3.05, 3.63) is 11.2 Å². The van der Waals surface area contributed by atoms with Crippen LogP contribution in [0.15, 0.2) is 10.4 Å². The molecule has 2 rings (SSSR count). The highest BCUT2D eigenvalue weighted by Crippen LogP contribution is 2.24. The molecule has 2 N–H and O–H groups in total. The molecule has 0 radical (unpaired) electrons. The van der Waals surface area contributed by atoms with Gasteiger partial charge in [-0.2, -0.15) is 0 Å². The highest BCUT2D eigenvalue weighted by Gasteiger charge is 2.31. The van der Waals surface area contributed by atoms with E-state index in [1.807, 2.05) is 0 Å². The van der Waals surface area contributed by atoms with Gasteiger partial charge in [-0.3, -0.25) is 0 Å². The molecule has 15 heavy (non-hydrogen) atoms. The van der Waals surface area contributed by atoms with Crippen LogP contribution in [0.5, 0.6) is 0 Å². The minimum Gasteiger partial charge on any atom is -0.393 e. The summed E-state index contributed by atoms with van der Waals surface area (Å²) in [5.41, 5.74) is 0. The second kappa shape index (κ2) is 3.82. The van der Waals surface area contributed by atoms with Crippen molar-refractivity contribution in [2.75, 3.05) is 0 Å². The SMILES string of the molecule is Cc1ncc(S(=O)(=O)NC2CC(O)C2)s1. The molecule has 0 unspecified atom stereocenters. The summed E-state index contributed by atoms with van der Waals surface area (Å²) in [4.78, 5) is 3.90. The number of rotatable bonds is 3. The normalized spacial score (nSPS) is 26.3. The maximum atomic E-state index is 11.7. The predicted octanol–water partition coefficient (Wildman–Crippen LogP) is 0.253. The van der Waals surface area contributed by atoms with Crippen LogP contribution in [-0.4, -0.2) is 30.7 Å². The van der Waals surface area contributed by atoms with Crippen molar-refractivity contribution in [3.8, 4) is 0 Å². The number of aromatic nitrogens is 1. The first-order chi connectivity index (χ1) is 6.97. The summed E-state index contributed by atoms with van der Waals surface area (Å²) >= 11 is 1.15. The van der Waals surface area contributed by atoms with E-state index in [9.17, 15) is 8.42 Å². The van der Waals surface area contributed by atoms with Gasteiger partial charge >= 0.3 is 0 Å². The van der Waals surface area contributed by atoms with E-state index in [-0.39, 0.29) is 16.4 Å². The summed E-state index contributed by atoms with van der Waals surface area (Å²) in [5, 5.41) is 9.77. The van der Waals surface area contributed by atoms with Crippen LogP contribution >= 0.6 is 11.3 Å². The van der Waals surface area contributed by atoms with Crippen LogP contribution in [0.2, 0.25) is 0 Å². The van der Waals surface area contributed by atoms with Crippen molar-refractivity contribution in [2.24, 2.45) is 0 Å². The highest BCUT2D eigenvalue weighted by atomic mass is 32.2. The molecule has 0 bridgehead atoms. The van der Waals surface area contributed by atoms with Crippen LogP contribution in [0, 0.1) is 6.92 Å². The molecule has 7 heteroatoms. The van der Waals surface area contributed by atoms with Gasteiger partial charge in [-0.15, -0.1) is 11.3 Å². The van der Waals surface area contributed by atoms with Crippen LogP contribution in [0.25, 0.3) is 0 Å². The van der Waals surface area contributed by atoms with E-state index in [4.69, 9.17) is 5.11 Å². The predicted molar refractivity (Wildman–Crippen MR) is 56.2 cm³/mol. The summed E-state index contributed by atoms with van der Waals surface area (Å²) < 4.78 is 26.2. The second-order valence-electron chi connectivity index (χ2n) is 3.64. The first-order valence-electron chi connectivity index (χ1n) is 4.60. The highest BCUT2D eigenvalue weighted by molar-refractivity contribution is 7.91. The molecule has 1 aromatic heterocycles. The van der Waals surface area contributed by atoms with E-state index in [1.165, 1.54) is 6.20 Å². The minimum absolute atomic E-state index is 0.132. The Hall–Kier alpha value is -0.500. The Kier molecular flexibility index (Phi) is 2.80. The number of thiazole rings is 1.